The maximum atomic E-state index is 14.0. The first-order valence-corrected chi connectivity index (χ1v) is 6.38. The third kappa shape index (κ3) is 3.28. The van der Waals surface area contributed by atoms with Gasteiger partial charge in [0.05, 0.1) is 17.0 Å². The molecule has 0 N–H and O–H groups in total. The molecule has 4 heteroatoms. The molecule has 0 aliphatic heterocycles. The minimum Gasteiger partial charge on any atom is -0.466 e. The lowest BCUT2D eigenvalue weighted by Gasteiger charge is -2.20. The highest BCUT2D eigenvalue weighted by Crippen LogP contribution is 2.31. The van der Waals surface area contributed by atoms with Gasteiger partial charge in [0.25, 0.3) is 0 Å². The molecule has 0 amide bonds. The Kier molecular flexibility index (Phi) is 5.12. The molecule has 1 aromatic carbocycles. The van der Waals surface area contributed by atoms with Gasteiger partial charge in [-0.1, -0.05) is 26.0 Å². The van der Waals surface area contributed by atoms with Crippen molar-refractivity contribution < 1.29 is 13.9 Å². The molecule has 0 radical (unpaired) electrons. The summed E-state index contributed by atoms with van der Waals surface area (Å²) in [5.74, 6) is -1.34. The van der Waals surface area contributed by atoms with Crippen LogP contribution in [0.2, 0.25) is 0 Å². The predicted octanol–water partition coefficient (Wildman–Crippen LogP) is 3.89. The second-order valence-corrected chi connectivity index (χ2v) is 4.97. The van der Waals surface area contributed by atoms with Crippen LogP contribution in [0.15, 0.2) is 22.7 Å². The molecule has 0 aliphatic rings. The van der Waals surface area contributed by atoms with E-state index < -0.39 is 5.92 Å². The lowest BCUT2D eigenvalue weighted by Crippen LogP contribution is -2.22. The number of hydrogen-bond donors (Lipinski definition) is 0. The Morgan fingerprint density at radius 2 is 2.12 bits per heavy atom. The van der Waals surface area contributed by atoms with Gasteiger partial charge >= 0.3 is 5.97 Å². The molecule has 0 saturated carbocycles. The number of carbonyl (C=O) groups is 1. The first-order chi connectivity index (χ1) is 7.99. The molecule has 17 heavy (non-hydrogen) atoms. The molecule has 1 rings (SSSR count). The Balaban J connectivity index is 3.14. The van der Waals surface area contributed by atoms with E-state index in [1.165, 1.54) is 0 Å². The molecule has 0 fully saturated rings. The van der Waals surface area contributed by atoms with Gasteiger partial charge in [-0.15, -0.1) is 0 Å². The number of rotatable bonds is 4. The molecule has 0 aliphatic carbocycles. The normalized spacial score (nSPS) is 12.6. The second-order valence-electron chi connectivity index (χ2n) is 4.12. The van der Waals surface area contributed by atoms with Crippen LogP contribution in [-0.2, 0) is 9.53 Å². The molecule has 0 spiro atoms. The summed E-state index contributed by atoms with van der Waals surface area (Å²) in [6.45, 7) is 5.80. The molecular weight excluding hydrogens is 287 g/mol. The third-order valence-corrected chi connectivity index (χ3v) is 3.14. The van der Waals surface area contributed by atoms with Gasteiger partial charge < -0.3 is 4.74 Å². The summed E-state index contributed by atoms with van der Waals surface area (Å²) in [6.07, 6.45) is 0. The van der Waals surface area contributed by atoms with E-state index in [0.29, 0.717) is 16.6 Å². The topological polar surface area (TPSA) is 26.3 Å². The van der Waals surface area contributed by atoms with Crippen LogP contribution in [0.1, 0.15) is 32.3 Å². The van der Waals surface area contributed by atoms with Gasteiger partial charge in [-0.2, -0.15) is 0 Å². The number of halogens is 2. The molecule has 94 valence electrons. The average molecular weight is 303 g/mol. The maximum absolute atomic E-state index is 14.0. The van der Waals surface area contributed by atoms with Crippen LogP contribution >= 0.6 is 15.9 Å². The van der Waals surface area contributed by atoms with Gasteiger partial charge in [0, 0.05) is 5.56 Å². The molecule has 1 atom stereocenters. The number of ether oxygens (including phenoxy) is 1. The number of esters is 1. The van der Waals surface area contributed by atoms with Gasteiger partial charge in [0.15, 0.2) is 0 Å². The minimum atomic E-state index is -0.563. The Labute approximate surface area is 109 Å². The number of carbonyl (C=O) groups excluding carboxylic acids is 1. The van der Waals surface area contributed by atoms with Crippen LogP contribution in [0.25, 0.3) is 0 Å². The minimum absolute atomic E-state index is 0.0159. The van der Waals surface area contributed by atoms with Crippen molar-refractivity contribution in [2.75, 3.05) is 6.61 Å². The fraction of sp³-hybridized carbons (Fsp3) is 0.462. The Morgan fingerprint density at radius 3 is 2.65 bits per heavy atom. The zero-order valence-electron chi connectivity index (χ0n) is 10.2. The van der Waals surface area contributed by atoms with E-state index in [-0.39, 0.29) is 17.7 Å². The lowest BCUT2D eigenvalue weighted by molar-refractivity contribution is -0.146. The van der Waals surface area contributed by atoms with Crippen molar-refractivity contribution in [3.8, 4) is 0 Å². The van der Waals surface area contributed by atoms with Gasteiger partial charge in [-0.3, -0.25) is 4.79 Å². The van der Waals surface area contributed by atoms with Crippen LogP contribution in [0, 0.1) is 11.7 Å². The van der Waals surface area contributed by atoms with Crippen molar-refractivity contribution in [3.63, 3.8) is 0 Å². The van der Waals surface area contributed by atoms with Crippen LogP contribution in [0.4, 0.5) is 4.39 Å². The van der Waals surface area contributed by atoms with E-state index >= 15 is 0 Å². The molecule has 0 saturated heterocycles. The summed E-state index contributed by atoms with van der Waals surface area (Å²) in [7, 11) is 0. The highest BCUT2D eigenvalue weighted by atomic mass is 79.9. The Bertz CT molecular complexity index is 404. The van der Waals surface area contributed by atoms with Crippen molar-refractivity contribution in [3.05, 3.63) is 34.1 Å². The van der Waals surface area contributed by atoms with E-state index in [0.717, 1.165) is 0 Å². The van der Waals surface area contributed by atoms with Gasteiger partial charge in [-0.25, -0.2) is 4.39 Å². The van der Waals surface area contributed by atoms with Crippen molar-refractivity contribution in [1.29, 1.82) is 0 Å². The summed E-state index contributed by atoms with van der Waals surface area (Å²) in [4.78, 5) is 11.8. The number of benzene rings is 1. The van der Waals surface area contributed by atoms with E-state index in [1.54, 1.807) is 25.1 Å². The second kappa shape index (κ2) is 6.15. The number of hydrogen-bond acceptors (Lipinski definition) is 2. The molecule has 0 aromatic heterocycles. The zero-order valence-corrected chi connectivity index (χ0v) is 11.8. The first-order valence-electron chi connectivity index (χ1n) is 5.59. The summed E-state index contributed by atoms with van der Waals surface area (Å²) in [6, 6.07) is 4.96. The summed E-state index contributed by atoms with van der Waals surface area (Å²) in [5.41, 5.74) is 0.382. The standard InChI is InChI=1S/C13H16BrFO2/c1-4-17-13(16)11(8(2)3)9-6-5-7-10(14)12(9)15/h5-8,11H,4H2,1-3H3. The van der Waals surface area contributed by atoms with E-state index in [9.17, 15) is 9.18 Å². The largest absolute Gasteiger partial charge is 0.466 e. The first kappa shape index (κ1) is 14.2. The monoisotopic (exact) mass is 302 g/mol. The average Bonchev–Trinajstić information content (AvgIpc) is 2.24. The highest BCUT2D eigenvalue weighted by molar-refractivity contribution is 9.10. The van der Waals surface area contributed by atoms with Crippen molar-refractivity contribution in [2.45, 2.75) is 26.7 Å². The molecule has 0 bridgehead atoms. The fourth-order valence-electron chi connectivity index (χ4n) is 1.75. The quantitative estimate of drug-likeness (QED) is 0.789. The molecule has 2 nitrogen and oxygen atoms in total. The summed E-state index contributed by atoms with van der Waals surface area (Å²) < 4.78 is 19.3. The fourth-order valence-corrected chi connectivity index (χ4v) is 2.13. The van der Waals surface area contributed by atoms with Crippen molar-refractivity contribution in [1.82, 2.24) is 0 Å². The van der Waals surface area contributed by atoms with Gasteiger partial charge in [0.1, 0.15) is 5.82 Å². The van der Waals surface area contributed by atoms with Crippen LogP contribution in [0.5, 0.6) is 0 Å². The van der Waals surface area contributed by atoms with Gasteiger partial charge in [0.2, 0.25) is 0 Å². The Morgan fingerprint density at radius 1 is 1.47 bits per heavy atom. The van der Waals surface area contributed by atoms with Crippen molar-refractivity contribution in [2.24, 2.45) is 5.92 Å². The predicted molar refractivity (Wildman–Crippen MR) is 68.3 cm³/mol. The van der Waals surface area contributed by atoms with Crippen LogP contribution < -0.4 is 0 Å². The SMILES string of the molecule is CCOC(=O)C(c1cccc(Br)c1F)C(C)C. The summed E-state index contributed by atoms with van der Waals surface area (Å²) in [5, 5.41) is 0. The zero-order chi connectivity index (χ0) is 13.0. The molecular formula is C13H16BrFO2. The highest BCUT2D eigenvalue weighted by Gasteiger charge is 2.28. The van der Waals surface area contributed by atoms with E-state index in [4.69, 9.17) is 4.74 Å². The van der Waals surface area contributed by atoms with Crippen molar-refractivity contribution >= 4 is 21.9 Å². The molecule has 1 aromatic rings. The lowest BCUT2D eigenvalue weighted by atomic mass is 9.88. The molecule has 0 heterocycles. The summed E-state index contributed by atoms with van der Waals surface area (Å²) >= 11 is 3.12. The van der Waals surface area contributed by atoms with Crippen LogP contribution in [-0.4, -0.2) is 12.6 Å². The van der Waals surface area contributed by atoms with Gasteiger partial charge in [-0.05, 0) is 34.8 Å². The third-order valence-electron chi connectivity index (χ3n) is 2.52. The maximum Gasteiger partial charge on any atom is 0.313 e. The Hall–Kier alpha value is -0.900. The molecule has 1 unspecified atom stereocenters. The van der Waals surface area contributed by atoms with E-state index in [2.05, 4.69) is 15.9 Å². The smallest absolute Gasteiger partial charge is 0.313 e. The van der Waals surface area contributed by atoms with Crippen LogP contribution in [0.3, 0.4) is 0 Å². The van der Waals surface area contributed by atoms with E-state index in [1.807, 2.05) is 13.8 Å².